The van der Waals surface area contributed by atoms with Crippen molar-refractivity contribution >= 4 is 16.8 Å². The summed E-state index contributed by atoms with van der Waals surface area (Å²) in [5.74, 6) is 1.07. The molecular formula is C18H26N2O3. The Morgan fingerprint density at radius 1 is 1.39 bits per heavy atom. The van der Waals surface area contributed by atoms with Crippen molar-refractivity contribution < 1.29 is 14.6 Å². The number of aryl methyl sites for hydroxylation is 1. The number of ether oxygens (including phenoxy) is 1. The zero-order chi connectivity index (χ0) is 16.8. The maximum atomic E-state index is 12.1. The molecule has 2 atom stereocenters. The largest absolute Gasteiger partial charge is 0.496 e. The molecule has 0 saturated heterocycles. The van der Waals surface area contributed by atoms with Gasteiger partial charge in [-0.1, -0.05) is 26.3 Å². The van der Waals surface area contributed by atoms with Crippen molar-refractivity contribution in [3.05, 3.63) is 30.5 Å². The van der Waals surface area contributed by atoms with Crippen molar-refractivity contribution in [3.63, 3.8) is 0 Å². The number of hydrogen-bond acceptors (Lipinski definition) is 3. The second-order valence-electron chi connectivity index (χ2n) is 5.89. The number of hydrogen-bond donors (Lipinski definition) is 2. The molecule has 0 aliphatic carbocycles. The standard InChI is InChI=1S/C18H26N2O3/c1-4-13(2)15(12-21)19-18(22)9-11-20-10-8-14-16(20)6-5-7-17(14)23-3/h5-8,10,13,15,21H,4,9,11-12H2,1-3H3,(H,19,22). The Bertz CT molecular complexity index is 651. The van der Waals surface area contributed by atoms with Crippen molar-refractivity contribution in [1.29, 1.82) is 0 Å². The molecule has 23 heavy (non-hydrogen) atoms. The zero-order valence-electron chi connectivity index (χ0n) is 14.1. The van der Waals surface area contributed by atoms with E-state index in [4.69, 9.17) is 4.74 Å². The van der Waals surface area contributed by atoms with Gasteiger partial charge in [-0.25, -0.2) is 0 Å². The van der Waals surface area contributed by atoms with Gasteiger partial charge < -0.3 is 19.7 Å². The number of benzene rings is 1. The Balaban J connectivity index is 1.99. The smallest absolute Gasteiger partial charge is 0.222 e. The molecule has 1 heterocycles. The molecule has 2 N–H and O–H groups in total. The molecule has 2 unspecified atom stereocenters. The van der Waals surface area contributed by atoms with Gasteiger partial charge in [-0.05, 0) is 24.1 Å². The predicted octanol–water partition coefficient (Wildman–Crippen LogP) is 2.56. The van der Waals surface area contributed by atoms with Gasteiger partial charge in [0.25, 0.3) is 0 Å². The van der Waals surface area contributed by atoms with Crippen LogP contribution in [-0.2, 0) is 11.3 Å². The summed E-state index contributed by atoms with van der Waals surface area (Å²) in [6.45, 7) is 4.66. The minimum atomic E-state index is -0.172. The summed E-state index contributed by atoms with van der Waals surface area (Å²) in [4.78, 5) is 12.1. The van der Waals surface area contributed by atoms with Gasteiger partial charge in [0.2, 0.25) is 5.91 Å². The molecule has 126 valence electrons. The minimum Gasteiger partial charge on any atom is -0.496 e. The maximum absolute atomic E-state index is 12.1. The van der Waals surface area contributed by atoms with Gasteiger partial charge in [0, 0.05) is 24.5 Å². The first-order valence-electron chi connectivity index (χ1n) is 8.12. The van der Waals surface area contributed by atoms with Crippen LogP contribution in [0.1, 0.15) is 26.7 Å². The van der Waals surface area contributed by atoms with Crippen LogP contribution in [0.25, 0.3) is 10.9 Å². The van der Waals surface area contributed by atoms with Gasteiger partial charge in [-0.3, -0.25) is 4.79 Å². The Morgan fingerprint density at radius 2 is 2.17 bits per heavy atom. The number of aliphatic hydroxyl groups is 1. The molecule has 1 amide bonds. The third kappa shape index (κ3) is 4.05. The van der Waals surface area contributed by atoms with E-state index < -0.39 is 0 Å². The van der Waals surface area contributed by atoms with E-state index in [1.165, 1.54) is 0 Å². The van der Waals surface area contributed by atoms with E-state index >= 15 is 0 Å². The lowest BCUT2D eigenvalue weighted by molar-refractivity contribution is -0.122. The topological polar surface area (TPSA) is 63.5 Å². The van der Waals surface area contributed by atoms with Crippen molar-refractivity contribution in [3.8, 4) is 5.75 Å². The predicted molar refractivity (Wildman–Crippen MR) is 91.6 cm³/mol. The molecule has 0 aliphatic heterocycles. The molecule has 2 aromatic rings. The molecule has 1 aromatic carbocycles. The number of aliphatic hydroxyl groups excluding tert-OH is 1. The number of carbonyl (C=O) groups excluding carboxylic acids is 1. The molecule has 1 aromatic heterocycles. The van der Waals surface area contributed by atoms with Crippen LogP contribution in [0.15, 0.2) is 30.5 Å². The van der Waals surface area contributed by atoms with Crippen LogP contribution in [-0.4, -0.2) is 35.3 Å². The minimum absolute atomic E-state index is 0.0234. The number of nitrogens with one attached hydrogen (secondary N) is 1. The monoisotopic (exact) mass is 318 g/mol. The van der Waals surface area contributed by atoms with E-state index in [1.54, 1.807) is 7.11 Å². The third-order valence-electron chi connectivity index (χ3n) is 4.45. The maximum Gasteiger partial charge on any atom is 0.222 e. The summed E-state index contributed by atoms with van der Waals surface area (Å²) in [7, 11) is 1.66. The first-order valence-corrected chi connectivity index (χ1v) is 8.12. The Labute approximate surface area is 137 Å². The van der Waals surface area contributed by atoms with Gasteiger partial charge in [0.15, 0.2) is 0 Å². The Kier molecular flexibility index (Phi) is 6.04. The second-order valence-corrected chi connectivity index (χ2v) is 5.89. The molecule has 0 fully saturated rings. The fourth-order valence-corrected chi connectivity index (χ4v) is 2.72. The number of fused-ring (bicyclic) bond motifs is 1. The summed E-state index contributed by atoms with van der Waals surface area (Å²) in [6.07, 6.45) is 3.28. The van der Waals surface area contributed by atoms with Crippen LogP contribution < -0.4 is 10.1 Å². The number of carbonyl (C=O) groups is 1. The summed E-state index contributed by atoms with van der Waals surface area (Å²) in [6, 6.07) is 7.72. The van der Waals surface area contributed by atoms with Crippen LogP contribution in [0.5, 0.6) is 5.75 Å². The summed E-state index contributed by atoms with van der Waals surface area (Å²) in [5.41, 5.74) is 1.05. The van der Waals surface area contributed by atoms with Crippen LogP contribution >= 0.6 is 0 Å². The number of nitrogens with zero attached hydrogens (tertiary/aromatic N) is 1. The van der Waals surface area contributed by atoms with Gasteiger partial charge in [-0.15, -0.1) is 0 Å². The normalized spacial score (nSPS) is 13.7. The third-order valence-corrected chi connectivity index (χ3v) is 4.45. The lowest BCUT2D eigenvalue weighted by Crippen LogP contribution is -2.42. The van der Waals surface area contributed by atoms with Crippen molar-refractivity contribution in [2.75, 3.05) is 13.7 Å². The van der Waals surface area contributed by atoms with Crippen molar-refractivity contribution in [2.24, 2.45) is 5.92 Å². The number of methoxy groups -OCH3 is 1. The highest BCUT2D eigenvalue weighted by Gasteiger charge is 2.17. The van der Waals surface area contributed by atoms with E-state index in [0.29, 0.717) is 13.0 Å². The van der Waals surface area contributed by atoms with Crippen LogP contribution in [0.3, 0.4) is 0 Å². The highest BCUT2D eigenvalue weighted by molar-refractivity contribution is 5.86. The average Bonchev–Trinajstić information content (AvgIpc) is 3.00. The van der Waals surface area contributed by atoms with E-state index in [-0.39, 0.29) is 24.5 Å². The summed E-state index contributed by atoms with van der Waals surface area (Å²) >= 11 is 0. The molecule has 5 nitrogen and oxygen atoms in total. The van der Waals surface area contributed by atoms with E-state index in [1.807, 2.05) is 37.4 Å². The first kappa shape index (κ1) is 17.3. The zero-order valence-corrected chi connectivity index (χ0v) is 14.1. The molecule has 0 spiro atoms. The fraction of sp³-hybridized carbons (Fsp3) is 0.500. The lowest BCUT2D eigenvalue weighted by atomic mass is 10.00. The van der Waals surface area contributed by atoms with E-state index in [2.05, 4.69) is 16.8 Å². The number of rotatable bonds is 8. The highest BCUT2D eigenvalue weighted by Crippen LogP contribution is 2.26. The summed E-state index contributed by atoms with van der Waals surface area (Å²) < 4.78 is 7.40. The van der Waals surface area contributed by atoms with Crippen LogP contribution in [0, 0.1) is 5.92 Å². The van der Waals surface area contributed by atoms with Crippen molar-refractivity contribution in [2.45, 2.75) is 39.3 Å². The Hall–Kier alpha value is -2.01. The molecule has 5 heteroatoms. The number of aromatic nitrogens is 1. The second kappa shape index (κ2) is 8.02. The van der Waals surface area contributed by atoms with Crippen LogP contribution in [0.2, 0.25) is 0 Å². The molecule has 0 bridgehead atoms. The quantitative estimate of drug-likeness (QED) is 0.786. The Morgan fingerprint density at radius 3 is 2.83 bits per heavy atom. The molecule has 0 aliphatic rings. The van der Waals surface area contributed by atoms with Gasteiger partial charge in [0.05, 0.1) is 25.3 Å². The van der Waals surface area contributed by atoms with Gasteiger partial charge in [0.1, 0.15) is 5.75 Å². The molecule has 2 rings (SSSR count). The molecular weight excluding hydrogens is 292 g/mol. The average molecular weight is 318 g/mol. The van der Waals surface area contributed by atoms with Crippen LogP contribution in [0.4, 0.5) is 0 Å². The molecule has 0 radical (unpaired) electrons. The van der Waals surface area contributed by atoms with E-state index in [0.717, 1.165) is 23.1 Å². The van der Waals surface area contributed by atoms with Gasteiger partial charge in [-0.2, -0.15) is 0 Å². The molecule has 0 saturated carbocycles. The van der Waals surface area contributed by atoms with Crippen molar-refractivity contribution in [1.82, 2.24) is 9.88 Å². The lowest BCUT2D eigenvalue weighted by Gasteiger charge is -2.22. The summed E-state index contributed by atoms with van der Waals surface area (Å²) in [5, 5.41) is 13.4. The number of amides is 1. The fourth-order valence-electron chi connectivity index (χ4n) is 2.72. The first-order chi connectivity index (χ1) is 11.1. The SMILES string of the molecule is CCC(C)C(CO)NC(=O)CCn1ccc2c(OC)cccc21. The van der Waals surface area contributed by atoms with E-state index in [9.17, 15) is 9.90 Å². The highest BCUT2D eigenvalue weighted by atomic mass is 16.5. The van der Waals surface area contributed by atoms with Gasteiger partial charge >= 0.3 is 0 Å².